The first-order valence-corrected chi connectivity index (χ1v) is 7.46. The molecule has 0 radical (unpaired) electrons. The highest BCUT2D eigenvalue weighted by atomic mass is 16.3. The second-order valence-corrected chi connectivity index (χ2v) is 5.70. The van der Waals surface area contributed by atoms with Crippen molar-refractivity contribution in [3.8, 4) is 12.3 Å². The van der Waals surface area contributed by atoms with Gasteiger partial charge in [-0.3, -0.25) is 4.79 Å². The molecule has 1 aliphatic heterocycles. The first-order valence-electron chi connectivity index (χ1n) is 7.46. The van der Waals surface area contributed by atoms with Gasteiger partial charge in [0.2, 0.25) is 5.91 Å². The second kappa shape index (κ2) is 5.72. The average molecular weight is 285 g/mol. The molecule has 0 fully saturated rings. The molecule has 0 bridgehead atoms. The zero-order valence-electron chi connectivity index (χ0n) is 12.0. The van der Waals surface area contributed by atoms with Gasteiger partial charge in [0.15, 0.2) is 5.66 Å². The smallest absolute Gasteiger partial charge is 0.220 e. The molecule has 2 aliphatic rings. The van der Waals surface area contributed by atoms with Crippen LogP contribution in [0.15, 0.2) is 27.0 Å². The van der Waals surface area contributed by atoms with Gasteiger partial charge in [-0.1, -0.05) is 0 Å². The zero-order valence-corrected chi connectivity index (χ0v) is 12.0. The fourth-order valence-electron chi connectivity index (χ4n) is 2.88. The van der Waals surface area contributed by atoms with E-state index < -0.39 is 0 Å². The molecule has 1 aromatic rings. The molecular formula is C16H19N3O2. The van der Waals surface area contributed by atoms with Gasteiger partial charge in [-0.15, -0.1) is 12.3 Å². The third kappa shape index (κ3) is 3.15. The van der Waals surface area contributed by atoms with Crippen LogP contribution in [0.25, 0.3) is 0 Å². The molecule has 1 unspecified atom stereocenters. The molecule has 0 saturated heterocycles. The van der Waals surface area contributed by atoms with E-state index in [1.165, 1.54) is 0 Å². The second-order valence-electron chi connectivity index (χ2n) is 5.70. The van der Waals surface area contributed by atoms with Gasteiger partial charge in [0, 0.05) is 37.7 Å². The van der Waals surface area contributed by atoms with Crippen molar-refractivity contribution in [3.63, 3.8) is 0 Å². The molecule has 3 rings (SSSR count). The van der Waals surface area contributed by atoms with E-state index in [1.807, 2.05) is 6.07 Å². The summed E-state index contributed by atoms with van der Waals surface area (Å²) in [6.45, 7) is 0. The number of carbonyl (C=O) groups is 1. The Bertz CT molecular complexity index is 591. The summed E-state index contributed by atoms with van der Waals surface area (Å²) in [5.74, 6) is 3.65. The van der Waals surface area contributed by atoms with Crippen LogP contribution in [0.5, 0.6) is 0 Å². The molecule has 1 N–H and O–H groups in total. The molecule has 1 aromatic heterocycles. The van der Waals surface area contributed by atoms with Gasteiger partial charge in [-0.25, -0.2) is 0 Å². The van der Waals surface area contributed by atoms with Crippen LogP contribution in [0.3, 0.4) is 0 Å². The van der Waals surface area contributed by atoms with Gasteiger partial charge in [0.1, 0.15) is 5.76 Å². The summed E-state index contributed by atoms with van der Waals surface area (Å²) >= 11 is 0. The summed E-state index contributed by atoms with van der Waals surface area (Å²) < 4.78 is 5.44. The molecule has 0 saturated carbocycles. The number of nitrogens with zero attached hydrogens (tertiary/aromatic N) is 2. The van der Waals surface area contributed by atoms with Crippen LogP contribution < -0.4 is 5.32 Å². The number of hydrogen-bond donors (Lipinski definition) is 1. The molecule has 1 aliphatic carbocycles. The molecule has 1 amide bonds. The Morgan fingerprint density at radius 3 is 3.14 bits per heavy atom. The molecule has 0 aromatic carbocycles. The topological polar surface area (TPSA) is 67.0 Å². The van der Waals surface area contributed by atoms with E-state index in [0.717, 1.165) is 37.0 Å². The van der Waals surface area contributed by atoms with E-state index in [1.54, 1.807) is 6.26 Å². The molecule has 5 heteroatoms. The maximum absolute atomic E-state index is 12.1. The Morgan fingerprint density at radius 1 is 1.52 bits per heavy atom. The number of aryl methyl sites for hydroxylation is 1. The zero-order chi connectivity index (χ0) is 14.7. The lowest BCUT2D eigenvalue weighted by Gasteiger charge is -2.23. The highest BCUT2D eigenvalue weighted by Gasteiger charge is 2.39. The Balaban J connectivity index is 1.49. The molecular weight excluding hydrogens is 266 g/mol. The molecule has 21 heavy (non-hydrogen) atoms. The molecule has 5 nitrogen and oxygen atoms in total. The maximum Gasteiger partial charge on any atom is 0.220 e. The minimum Gasteiger partial charge on any atom is -0.469 e. The summed E-state index contributed by atoms with van der Waals surface area (Å²) in [5, 5.41) is 11.2. The maximum atomic E-state index is 12.1. The van der Waals surface area contributed by atoms with Crippen molar-refractivity contribution in [1.29, 1.82) is 0 Å². The molecule has 1 atom stereocenters. The van der Waals surface area contributed by atoms with Gasteiger partial charge >= 0.3 is 0 Å². The minimum absolute atomic E-state index is 0.0476. The van der Waals surface area contributed by atoms with Crippen LogP contribution in [0.1, 0.15) is 55.9 Å². The van der Waals surface area contributed by atoms with Crippen LogP contribution >= 0.6 is 0 Å². The SMILES string of the molecule is C#CCCC1(CCC(=O)NC2CCCc3occc32)N=N1. The van der Waals surface area contributed by atoms with Crippen molar-refractivity contribution < 1.29 is 9.21 Å². The van der Waals surface area contributed by atoms with E-state index in [-0.39, 0.29) is 17.6 Å². The standard InChI is InChI=1S/C16H19N3O2/c1-2-3-9-16(18-19-16)10-7-15(20)17-13-5-4-6-14-12(13)8-11-21-14/h1,8,11,13H,3-7,9-10H2,(H,17,20). The van der Waals surface area contributed by atoms with Crippen molar-refractivity contribution in [3.05, 3.63) is 23.7 Å². The number of furan rings is 1. The summed E-state index contributed by atoms with van der Waals surface area (Å²) in [6, 6.07) is 2.04. The van der Waals surface area contributed by atoms with Crippen LogP contribution in [0.2, 0.25) is 0 Å². The summed E-state index contributed by atoms with van der Waals surface area (Å²) in [6.07, 6.45) is 12.4. The number of carbonyl (C=O) groups excluding carboxylic acids is 1. The molecule has 0 spiro atoms. The summed E-state index contributed by atoms with van der Waals surface area (Å²) in [4.78, 5) is 12.1. The van der Waals surface area contributed by atoms with Crippen molar-refractivity contribution in [2.45, 2.75) is 56.7 Å². The highest BCUT2D eigenvalue weighted by Crippen LogP contribution is 2.37. The minimum atomic E-state index is -0.378. The van der Waals surface area contributed by atoms with Crippen LogP contribution in [-0.4, -0.2) is 11.6 Å². The Kier molecular flexibility index (Phi) is 3.78. The fraction of sp³-hybridized carbons (Fsp3) is 0.562. The normalized spacial score (nSPS) is 21.4. The Morgan fingerprint density at radius 2 is 2.38 bits per heavy atom. The number of hydrogen-bond acceptors (Lipinski definition) is 4. The van der Waals surface area contributed by atoms with Gasteiger partial charge in [-0.2, -0.15) is 10.2 Å². The third-order valence-electron chi connectivity index (χ3n) is 4.19. The monoisotopic (exact) mass is 285 g/mol. The predicted octanol–water partition coefficient (Wildman–Crippen LogP) is 3.13. The van der Waals surface area contributed by atoms with E-state index >= 15 is 0 Å². The average Bonchev–Trinajstić information content (AvgIpc) is 3.09. The van der Waals surface area contributed by atoms with Crippen LogP contribution in [0.4, 0.5) is 0 Å². The van der Waals surface area contributed by atoms with Crippen LogP contribution in [0, 0.1) is 12.3 Å². The predicted molar refractivity (Wildman–Crippen MR) is 77.4 cm³/mol. The number of amides is 1. The van der Waals surface area contributed by atoms with E-state index in [0.29, 0.717) is 19.3 Å². The van der Waals surface area contributed by atoms with Crippen LogP contribution in [-0.2, 0) is 11.2 Å². The summed E-state index contributed by atoms with van der Waals surface area (Å²) in [5.41, 5.74) is 0.745. The van der Waals surface area contributed by atoms with Crippen molar-refractivity contribution in [1.82, 2.24) is 5.32 Å². The van der Waals surface area contributed by atoms with E-state index in [9.17, 15) is 4.79 Å². The molecule has 2 heterocycles. The highest BCUT2D eigenvalue weighted by molar-refractivity contribution is 5.76. The first kappa shape index (κ1) is 13.9. The van der Waals surface area contributed by atoms with Crippen molar-refractivity contribution in [2.75, 3.05) is 0 Å². The lowest BCUT2D eigenvalue weighted by Crippen LogP contribution is -2.31. The van der Waals surface area contributed by atoms with Crippen molar-refractivity contribution >= 4 is 5.91 Å². The van der Waals surface area contributed by atoms with Crippen molar-refractivity contribution in [2.24, 2.45) is 10.2 Å². The fourth-order valence-corrected chi connectivity index (χ4v) is 2.88. The third-order valence-corrected chi connectivity index (χ3v) is 4.19. The van der Waals surface area contributed by atoms with Gasteiger partial charge in [-0.05, 0) is 18.9 Å². The Labute approximate surface area is 124 Å². The van der Waals surface area contributed by atoms with Gasteiger partial charge in [0.05, 0.1) is 12.3 Å². The number of fused-ring (bicyclic) bond motifs is 1. The summed E-state index contributed by atoms with van der Waals surface area (Å²) in [7, 11) is 0. The molecule has 110 valence electrons. The number of rotatable bonds is 6. The largest absolute Gasteiger partial charge is 0.469 e. The van der Waals surface area contributed by atoms with Gasteiger partial charge < -0.3 is 9.73 Å². The van der Waals surface area contributed by atoms with E-state index in [2.05, 4.69) is 21.5 Å². The van der Waals surface area contributed by atoms with Gasteiger partial charge in [0.25, 0.3) is 0 Å². The first-order chi connectivity index (χ1) is 10.2. The lowest BCUT2D eigenvalue weighted by atomic mass is 9.93. The lowest BCUT2D eigenvalue weighted by molar-refractivity contribution is -0.122. The number of nitrogens with one attached hydrogen (secondary N) is 1. The number of terminal acetylenes is 1. The quantitative estimate of drug-likeness (QED) is 0.816. The van der Waals surface area contributed by atoms with E-state index in [4.69, 9.17) is 10.8 Å². The Hall–Kier alpha value is -2.09.